The zero-order chi connectivity index (χ0) is 8.63. The van der Waals surface area contributed by atoms with Gasteiger partial charge in [-0.1, -0.05) is 25.7 Å². The van der Waals surface area contributed by atoms with Crippen LogP contribution in [0, 0.1) is 29.6 Å². The van der Waals surface area contributed by atoms with E-state index in [1.165, 1.54) is 38.5 Å². The predicted molar refractivity (Wildman–Crippen MR) is 52.1 cm³/mol. The molecule has 2 N–H and O–H groups in total. The monoisotopic (exact) mass is 177 g/mol. The molecule has 0 aromatic carbocycles. The van der Waals surface area contributed by atoms with Crippen LogP contribution in [-0.4, -0.2) is 5.54 Å². The molecule has 4 fully saturated rings. The van der Waals surface area contributed by atoms with Crippen LogP contribution in [0.2, 0.25) is 0 Å². The van der Waals surface area contributed by atoms with Crippen LogP contribution in [0.15, 0.2) is 0 Å². The molecule has 4 saturated carbocycles. The van der Waals surface area contributed by atoms with E-state index in [2.05, 4.69) is 0 Å². The maximum atomic E-state index is 6.50. The molecular formula is C12H19N. The molecule has 0 spiro atoms. The second-order valence-corrected chi connectivity index (χ2v) is 5.94. The van der Waals surface area contributed by atoms with Crippen LogP contribution in [0.5, 0.6) is 0 Å². The van der Waals surface area contributed by atoms with E-state index in [9.17, 15) is 0 Å². The lowest BCUT2D eigenvalue weighted by Gasteiger charge is -2.47. The van der Waals surface area contributed by atoms with Crippen LogP contribution in [0.1, 0.15) is 38.5 Å². The van der Waals surface area contributed by atoms with Crippen molar-refractivity contribution >= 4 is 0 Å². The highest BCUT2D eigenvalue weighted by atomic mass is 15.0. The van der Waals surface area contributed by atoms with Gasteiger partial charge < -0.3 is 5.73 Å². The first-order valence-corrected chi connectivity index (χ1v) is 6.12. The van der Waals surface area contributed by atoms with Gasteiger partial charge in [0.25, 0.3) is 0 Å². The van der Waals surface area contributed by atoms with Crippen molar-refractivity contribution in [3.63, 3.8) is 0 Å². The van der Waals surface area contributed by atoms with Crippen molar-refractivity contribution in [2.45, 2.75) is 44.1 Å². The number of fused-ring (bicyclic) bond motifs is 1. The van der Waals surface area contributed by atoms with Gasteiger partial charge in [0.2, 0.25) is 0 Å². The molecule has 1 nitrogen and oxygen atoms in total. The van der Waals surface area contributed by atoms with E-state index in [0.717, 1.165) is 29.6 Å². The summed E-state index contributed by atoms with van der Waals surface area (Å²) in [4.78, 5) is 0. The Morgan fingerprint density at radius 3 is 2.31 bits per heavy atom. The molecule has 0 radical (unpaired) electrons. The first kappa shape index (κ1) is 7.28. The summed E-state index contributed by atoms with van der Waals surface area (Å²) in [6.45, 7) is 0. The van der Waals surface area contributed by atoms with Crippen molar-refractivity contribution in [3.8, 4) is 0 Å². The topological polar surface area (TPSA) is 26.0 Å². The third-order valence-electron chi connectivity index (χ3n) is 5.76. The van der Waals surface area contributed by atoms with Gasteiger partial charge in [0.05, 0.1) is 0 Å². The molecule has 5 atom stereocenters. The van der Waals surface area contributed by atoms with Crippen LogP contribution in [0.25, 0.3) is 0 Å². The molecule has 1 heteroatoms. The highest BCUT2D eigenvalue weighted by Gasteiger charge is 2.81. The Balaban J connectivity index is 1.62. The number of nitrogens with two attached hydrogens (primary N) is 1. The minimum atomic E-state index is 0.387. The second kappa shape index (κ2) is 1.98. The minimum absolute atomic E-state index is 0.387. The van der Waals surface area contributed by atoms with Gasteiger partial charge in [-0.15, -0.1) is 0 Å². The van der Waals surface area contributed by atoms with Crippen molar-refractivity contribution in [1.82, 2.24) is 0 Å². The molecule has 0 bridgehead atoms. The maximum Gasteiger partial charge on any atom is 0.0255 e. The Morgan fingerprint density at radius 2 is 1.69 bits per heavy atom. The van der Waals surface area contributed by atoms with Crippen LogP contribution < -0.4 is 5.73 Å². The molecule has 0 saturated heterocycles. The Kier molecular flexibility index (Phi) is 1.11. The van der Waals surface area contributed by atoms with E-state index in [1.54, 1.807) is 0 Å². The lowest BCUT2D eigenvalue weighted by Crippen LogP contribution is -2.54. The first-order valence-electron chi connectivity index (χ1n) is 6.12. The smallest absolute Gasteiger partial charge is 0.0255 e. The van der Waals surface area contributed by atoms with E-state index in [1.807, 2.05) is 0 Å². The largest absolute Gasteiger partial charge is 0.324 e. The fourth-order valence-electron chi connectivity index (χ4n) is 5.38. The average molecular weight is 177 g/mol. The Bertz CT molecular complexity index is 250. The highest BCUT2D eigenvalue weighted by molar-refractivity contribution is 5.34. The van der Waals surface area contributed by atoms with E-state index >= 15 is 0 Å². The molecule has 0 amide bonds. The number of hydrogen-bond acceptors (Lipinski definition) is 1. The molecular weight excluding hydrogens is 158 g/mol. The summed E-state index contributed by atoms with van der Waals surface area (Å²) in [6.07, 6.45) is 8.96. The minimum Gasteiger partial charge on any atom is -0.324 e. The molecule has 0 aromatic rings. The van der Waals surface area contributed by atoms with Gasteiger partial charge in [0, 0.05) is 5.54 Å². The van der Waals surface area contributed by atoms with Crippen LogP contribution in [0.3, 0.4) is 0 Å². The van der Waals surface area contributed by atoms with Crippen LogP contribution in [-0.2, 0) is 0 Å². The van der Waals surface area contributed by atoms with Crippen molar-refractivity contribution in [1.29, 1.82) is 0 Å². The van der Waals surface area contributed by atoms with Crippen molar-refractivity contribution in [3.05, 3.63) is 0 Å². The first-order chi connectivity index (χ1) is 6.33. The molecule has 0 heterocycles. The van der Waals surface area contributed by atoms with Gasteiger partial charge >= 0.3 is 0 Å². The van der Waals surface area contributed by atoms with Crippen molar-refractivity contribution < 1.29 is 0 Å². The molecule has 4 aliphatic carbocycles. The van der Waals surface area contributed by atoms with Crippen LogP contribution >= 0.6 is 0 Å². The van der Waals surface area contributed by atoms with E-state index in [-0.39, 0.29) is 0 Å². The third kappa shape index (κ3) is 0.614. The normalized spacial score (nSPS) is 63.5. The Morgan fingerprint density at radius 1 is 0.923 bits per heavy atom. The summed E-state index contributed by atoms with van der Waals surface area (Å²) in [5.41, 5.74) is 6.89. The van der Waals surface area contributed by atoms with Gasteiger partial charge in [-0.2, -0.15) is 0 Å². The fourth-order valence-corrected chi connectivity index (χ4v) is 5.38. The van der Waals surface area contributed by atoms with Crippen molar-refractivity contribution in [2.24, 2.45) is 35.3 Å². The summed E-state index contributed by atoms with van der Waals surface area (Å²) < 4.78 is 0. The van der Waals surface area contributed by atoms with Crippen molar-refractivity contribution in [2.75, 3.05) is 0 Å². The molecule has 0 aromatic heterocycles. The van der Waals surface area contributed by atoms with Crippen LogP contribution in [0.4, 0.5) is 0 Å². The van der Waals surface area contributed by atoms with E-state index in [4.69, 9.17) is 5.73 Å². The molecule has 72 valence electrons. The number of hydrogen-bond donors (Lipinski definition) is 1. The molecule has 1 unspecified atom stereocenters. The Hall–Kier alpha value is -0.0400. The zero-order valence-corrected chi connectivity index (χ0v) is 8.21. The standard InChI is InChI=1S/C12H19N/c13-12-9-6-5-8(11(9)12)10(12)7-3-1-2-4-7/h7-11H,1-6,13H2/t8-,9-,10-,11?,12+/m1/s1. The van der Waals surface area contributed by atoms with E-state index < -0.39 is 0 Å². The molecule has 4 rings (SSSR count). The lowest BCUT2D eigenvalue weighted by atomic mass is 9.61. The van der Waals surface area contributed by atoms with Gasteiger partial charge in [0.1, 0.15) is 0 Å². The SMILES string of the molecule is N[C@@]12C3[C@H]1CC[C@@H]3[C@H]2C1CCCC1. The highest BCUT2D eigenvalue weighted by Crippen LogP contribution is 2.79. The average Bonchev–Trinajstić information content (AvgIpc) is 2.60. The summed E-state index contributed by atoms with van der Waals surface area (Å²) in [6, 6.07) is 0. The third-order valence-corrected chi connectivity index (χ3v) is 5.76. The summed E-state index contributed by atoms with van der Waals surface area (Å²) in [7, 11) is 0. The summed E-state index contributed by atoms with van der Waals surface area (Å²) in [5.74, 6) is 5.06. The number of rotatable bonds is 1. The van der Waals surface area contributed by atoms with E-state index in [0.29, 0.717) is 5.54 Å². The van der Waals surface area contributed by atoms with Gasteiger partial charge in [0.15, 0.2) is 0 Å². The van der Waals surface area contributed by atoms with Gasteiger partial charge in [-0.3, -0.25) is 0 Å². The predicted octanol–water partition coefficient (Wildman–Crippen LogP) is 2.16. The Labute approximate surface area is 80.1 Å². The maximum absolute atomic E-state index is 6.50. The molecule has 4 aliphatic rings. The second-order valence-electron chi connectivity index (χ2n) is 5.94. The summed E-state index contributed by atoms with van der Waals surface area (Å²) in [5, 5.41) is 0. The fraction of sp³-hybridized carbons (Fsp3) is 1.00. The van der Waals surface area contributed by atoms with Gasteiger partial charge in [-0.25, -0.2) is 0 Å². The lowest BCUT2D eigenvalue weighted by molar-refractivity contribution is 0.0505. The molecule has 13 heavy (non-hydrogen) atoms. The molecule has 0 aliphatic heterocycles. The quantitative estimate of drug-likeness (QED) is 0.652. The zero-order valence-electron chi connectivity index (χ0n) is 8.21. The summed E-state index contributed by atoms with van der Waals surface area (Å²) >= 11 is 0. The van der Waals surface area contributed by atoms with Gasteiger partial charge in [-0.05, 0) is 42.4 Å².